The van der Waals surface area contributed by atoms with Crippen molar-refractivity contribution in [2.24, 2.45) is 0 Å². The van der Waals surface area contributed by atoms with Crippen molar-refractivity contribution in [1.29, 1.82) is 0 Å². The van der Waals surface area contributed by atoms with E-state index in [1.165, 1.54) is 20.9 Å². The second-order valence-electron chi connectivity index (χ2n) is 8.33. The fraction of sp³-hybridized carbons (Fsp3) is 0.208. The van der Waals surface area contributed by atoms with E-state index in [1.807, 2.05) is 36.4 Å². The van der Waals surface area contributed by atoms with E-state index in [9.17, 15) is 4.79 Å². The highest BCUT2D eigenvalue weighted by molar-refractivity contribution is 7.98. The lowest BCUT2D eigenvalue weighted by Crippen LogP contribution is -3.08. The number of hydrogen-bond donors (Lipinski definition) is 1. The van der Waals surface area contributed by atoms with E-state index >= 15 is 0 Å². The van der Waals surface area contributed by atoms with Crippen molar-refractivity contribution in [3.05, 3.63) is 86.0 Å². The molecule has 4 heterocycles. The van der Waals surface area contributed by atoms with Crippen molar-refractivity contribution < 1.29 is 4.90 Å². The van der Waals surface area contributed by atoms with Crippen LogP contribution in [0.3, 0.4) is 0 Å². The van der Waals surface area contributed by atoms with Gasteiger partial charge in [-0.05, 0) is 29.3 Å². The lowest BCUT2D eigenvalue weighted by molar-refractivity contribution is -0.895. The maximum absolute atomic E-state index is 13.9. The average Bonchev–Trinajstić information content (AvgIpc) is 3.39. The molecule has 0 spiro atoms. The molecule has 2 aromatic carbocycles. The molecule has 6 rings (SSSR count). The highest BCUT2D eigenvalue weighted by Gasteiger charge is 2.28. The Kier molecular flexibility index (Phi) is 5.25. The van der Waals surface area contributed by atoms with Gasteiger partial charge in [-0.1, -0.05) is 59.8 Å². The zero-order valence-electron chi connectivity index (χ0n) is 17.9. The van der Waals surface area contributed by atoms with Gasteiger partial charge >= 0.3 is 0 Å². The summed E-state index contributed by atoms with van der Waals surface area (Å²) >= 11 is 9.62. The first-order valence-electron chi connectivity index (χ1n) is 10.8. The monoisotopic (exact) mass is 494 g/mol. The first-order valence-corrected chi connectivity index (χ1v) is 13.0. The van der Waals surface area contributed by atoms with Gasteiger partial charge in [0, 0.05) is 17.2 Å². The van der Waals surface area contributed by atoms with Gasteiger partial charge in [0.15, 0.2) is 5.16 Å². The molecule has 0 saturated carbocycles. The van der Waals surface area contributed by atoms with Crippen molar-refractivity contribution >= 4 is 50.7 Å². The average molecular weight is 495 g/mol. The van der Waals surface area contributed by atoms with Crippen molar-refractivity contribution in [3.63, 3.8) is 0 Å². The molecular weight excluding hydrogens is 474 g/mol. The Labute approximate surface area is 203 Å². The van der Waals surface area contributed by atoms with E-state index in [1.54, 1.807) is 33.7 Å². The van der Waals surface area contributed by atoms with Crippen LogP contribution < -0.4 is 10.5 Å². The van der Waals surface area contributed by atoms with E-state index in [0.29, 0.717) is 16.5 Å². The third kappa shape index (κ3) is 3.58. The lowest BCUT2D eigenvalue weighted by Gasteiger charge is -2.19. The molecule has 0 amide bonds. The molecule has 0 fully saturated rings. The van der Waals surface area contributed by atoms with Gasteiger partial charge in [0.05, 0.1) is 29.5 Å². The zero-order chi connectivity index (χ0) is 22.5. The summed E-state index contributed by atoms with van der Waals surface area (Å²) in [5.74, 6) is 1.29. The Balaban J connectivity index is 1.62. The van der Waals surface area contributed by atoms with Crippen LogP contribution in [0.1, 0.15) is 16.0 Å². The molecule has 0 aliphatic carbocycles. The molecule has 0 bridgehead atoms. The third-order valence-electron chi connectivity index (χ3n) is 6.05. The van der Waals surface area contributed by atoms with Gasteiger partial charge in [0.2, 0.25) is 5.78 Å². The number of aromatic nitrogens is 4. The Morgan fingerprint density at radius 1 is 1.15 bits per heavy atom. The van der Waals surface area contributed by atoms with Gasteiger partial charge in [-0.2, -0.15) is 0 Å². The van der Waals surface area contributed by atoms with E-state index < -0.39 is 0 Å². The second-order valence-corrected chi connectivity index (χ2v) is 10.8. The maximum atomic E-state index is 13.9. The van der Waals surface area contributed by atoms with Crippen LogP contribution >= 0.6 is 34.7 Å². The molecule has 1 N–H and O–H groups in total. The van der Waals surface area contributed by atoms with E-state index in [2.05, 4.69) is 33.8 Å². The Morgan fingerprint density at radius 2 is 2.00 bits per heavy atom. The summed E-state index contributed by atoms with van der Waals surface area (Å²) in [6.07, 6.45) is 0.895. The number of hydrogen-bond acceptors (Lipinski definition) is 5. The summed E-state index contributed by atoms with van der Waals surface area (Å²) < 4.78 is 3.72. The standard InChI is InChI=1S/C24H20ClN5OS2/c1-28-11-10-18-19(13-28)33-22-20(18)21(31)29(17-9-5-8-16(25)12-17)23-26-27-24(30(22)23)32-14-15-6-3-2-4-7-15/h2-9,12H,10-11,13-14H2,1H3/p+1. The van der Waals surface area contributed by atoms with Crippen molar-refractivity contribution in [2.75, 3.05) is 13.6 Å². The summed E-state index contributed by atoms with van der Waals surface area (Å²) in [5.41, 5.74) is 3.04. The molecule has 166 valence electrons. The highest BCUT2D eigenvalue weighted by atomic mass is 35.5. The van der Waals surface area contributed by atoms with Crippen LogP contribution in [0.4, 0.5) is 0 Å². The zero-order valence-corrected chi connectivity index (χ0v) is 20.3. The number of thioether (sulfide) groups is 1. The Hall–Kier alpha value is -2.65. The number of nitrogens with one attached hydrogen (secondary N) is 1. The lowest BCUT2D eigenvalue weighted by atomic mass is 10.1. The molecule has 33 heavy (non-hydrogen) atoms. The quantitative estimate of drug-likeness (QED) is 0.388. The minimum absolute atomic E-state index is 0.0520. The topological polar surface area (TPSA) is 56.6 Å². The molecular formula is C24H21ClN5OS2+. The number of thiophene rings is 1. The molecule has 0 radical (unpaired) electrons. The van der Waals surface area contributed by atoms with Crippen LogP contribution in [0.15, 0.2) is 64.5 Å². The number of rotatable bonds is 4. The summed E-state index contributed by atoms with van der Waals surface area (Å²) in [4.78, 5) is 17.6. The molecule has 1 aliphatic rings. The third-order valence-corrected chi connectivity index (χ3v) is 8.50. The molecule has 1 atom stereocenters. The number of halogens is 1. The highest BCUT2D eigenvalue weighted by Crippen LogP contribution is 2.34. The fourth-order valence-electron chi connectivity index (χ4n) is 4.43. The number of fused-ring (bicyclic) bond motifs is 5. The smallest absolute Gasteiger partial charge is 0.268 e. The van der Waals surface area contributed by atoms with Gasteiger partial charge in [-0.15, -0.1) is 21.5 Å². The van der Waals surface area contributed by atoms with Gasteiger partial charge in [0.25, 0.3) is 5.56 Å². The first kappa shape index (κ1) is 20.9. The van der Waals surface area contributed by atoms with Crippen molar-refractivity contribution in [3.8, 4) is 5.69 Å². The van der Waals surface area contributed by atoms with E-state index in [-0.39, 0.29) is 5.56 Å². The van der Waals surface area contributed by atoms with Crippen LogP contribution in [0.5, 0.6) is 0 Å². The predicted octanol–water partition coefficient (Wildman–Crippen LogP) is 3.61. The summed E-state index contributed by atoms with van der Waals surface area (Å²) in [6, 6.07) is 17.7. The summed E-state index contributed by atoms with van der Waals surface area (Å²) in [6.45, 7) is 1.95. The van der Waals surface area contributed by atoms with Crippen LogP contribution in [0, 0.1) is 0 Å². The molecule has 0 saturated heterocycles. The van der Waals surface area contributed by atoms with Crippen LogP contribution in [-0.2, 0) is 18.7 Å². The largest absolute Gasteiger partial charge is 0.333 e. The number of quaternary nitrogens is 1. The Morgan fingerprint density at radius 3 is 2.82 bits per heavy atom. The van der Waals surface area contributed by atoms with Gasteiger partial charge in [-0.25, -0.2) is 8.97 Å². The molecule has 3 aromatic heterocycles. The van der Waals surface area contributed by atoms with Crippen molar-refractivity contribution in [1.82, 2.24) is 19.2 Å². The predicted molar refractivity (Wildman–Crippen MR) is 134 cm³/mol. The first-order chi connectivity index (χ1) is 16.1. The van der Waals surface area contributed by atoms with Crippen molar-refractivity contribution in [2.45, 2.75) is 23.9 Å². The molecule has 1 aliphatic heterocycles. The number of benzene rings is 2. The second kappa shape index (κ2) is 8.29. The van der Waals surface area contributed by atoms with Crippen LogP contribution in [0.2, 0.25) is 5.02 Å². The summed E-state index contributed by atoms with van der Waals surface area (Å²) in [5, 5.41) is 11.2. The summed E-state index contributed by atoms with van der Waals surface area (Å²) in [7, 11) is 2.20. The Bertz CT molecular complexity index is 1560. The van der Waals surface area contributed by atoms with Gasteiger partial charge in [0.1, 0.15) is 11.4 Å². The molecule has 5 aromatic rings. The number of nitrogens with zero attached hydrogens (tertiary/aromatic N) is 4. The minimum atomic E-state index is -0.0520. The SMILES string of the molecule is C[NH+]1CCc2c(sc3c2c(=O)n(-c2cccc(Cl)c2)c2nnc(SCc4ccccc4)n32)C1. The normalized spacial score (nSPS) is 15.9. The van der Waals surface area contributed by atoms with Gasteiger partial charge < -0.3 is 4.90 Å². The molecule has 1 unspecified atom stereocenters. The maximum Gasteiger partial charge on any atom is 0.268 e. The minimum Gasteiger partial charge on any atom is -0.333 e. The molecule has 6 nitrogen and oxygen atoms in total. The fourth-order valence-corrected chi connectivity index (χ4v) is 7.02. The number of likely N-dealkylation sites (N-methyl/N-ethyl adjacent to an activating group) is 1. The van der Waals surface area contributed by atoms with Crippen LogP contribution in [0.25, 0.3) is 21.7 Å². The van der Waals surface area contributed by atoms with Crippen LogP contribution in [-0.4, -0.2) is 32.8 Å². The van der Waals surface area contributed by atoms with Gasteiger partial charge in [-0.3, -0.25) is 4.79 Å². The van der Waals surface area contributed by atoms with E-state index in [0.717, 1.165) is 40.6 Å². The molecule has 9 heteroatoms. The van der Waals surface area contributed by atoms with E-state index in [4.69, 9.17) is 11.6 Å².